The summed E-state index contributed by atoms with van der Waals surface area (Å²) in [6.45, 7) is -0.744. The first-order valence-corrected chi connectivity index (χ1v) is 18.2. The Morgan fingerprint density at radius 2 is 1.33 bits per heavy atom. The predicted molar refractivity (Wildman–Crippen MR) is 198 cm³/mol. The summed E-state index contributed by atoms with van der Waals surface area (Å²) >= 11 is 0. The van der Waals surface area contributed by atoms with Crippen LogP contribution in [0.25, 0.3) is 0 Å². The topological polar surface area (TPSA) is 181 Å². The molecule has 0 unspecified atom stereocenters. The van der Waals surface area contributed by atoms with Crippen molar-refractivity contribution in [1.29, 1.82) is 0 Å². The fraction of sp³-hybridized carbons (Fsp3) is 0.333. The number of hydrogen-bond donors (Lipinski definition) is 4. The molecule has 4 aromatic rings. The maximum Gasteiger partial charge on any atom is 0.338 e. The fourth-order valence-corrected chi connectivity index (χ4v) is 6.58. The number of amides is 1. The van der Waals surface area contributed by atoms with Crippen LogP contribution in [0.4, 0.5) is 5.69 Å². The van der Waals surface area contributed by atoms with Crippen LogP contribution >= 0.6 is 0 Å². The molecule has 0 spiro atoms. The maximum atomic E-state index is 14.3. The molecule has 6 rings (SSSR count). The summed E-state index contributed by atoms with van der Waals surface area (Å²) < 4.78 is 21.9. The number of carbonyl (C=O) groups is 4. The number of nitrogens with one attached hydrogen (secondary N) is 1. The zero-order chi connectivity index (χ0) is 38.7. The largest absolute Gasteiger partial charge is 0.460 e. The molecule has 288 valence electrons. The highest BCUT2D eigenvalue weighted by molar-refractivity contribution is 6.02. The van der Waals surface area contributed by atoms with Crippen LogP contribution in [-0.2, 0) is 64.2 Å². The van der Waals surface area contributed by atoms with Gasteiger partial charge in [-0.2, -0.15) is 0 Å². The van der Waals surface area contributed by atoms with Gasteiger partial charge in [0.25, 0.3) is 0 Å². The summed E-state index contributed by atoms with van der Waals surface area (Å²) in [6, 6.07) is 32.9. The van der Waals surface area contributed by atoms with Crippen molar-refractivity contribution in [3.63, 3.8) is 0 Å². The first kappa shape index (κ1) is 39.3. The number of carbonyl (C=O) groups excluding carboxylic acids is 4. The standard InChI is InChI=1S/C42H44N2O11/c45-34(54-42-37(48)35(46)36(47)38(55-42)41(51)53-26-29-16-8-3-9-17-29)24-44-33-19-11-10-18-30(33)21-23-31(39(44)49)43-32(22-20-27-12-4-1-5-13-27)40(50)52-25-28-14-6-2-7-15-28/h1-19,31-32,35-38,42-43,46-48H,20-26H2/t31-,32+,35+,36-,37-,38+,42+/m0/s1. The lowest BCUT2D eigenvalue weighted by atomic mass is 9.99. The number of ether oxygens (including phenoxy) is 4. The van der Waals surface area contributed by atoms with Crippen molar-refractivity contribution in [2.75, 3.05) is 11.4 Å². The third-order valence-corrected chi connectivity index (χ3v) is 9.58. The van der Waals surface area contributed by atoms with Crippen LogP contribution < -0.4 is 10.2 Å². The van der Waals surface area contributed by atoms with Gasteiger partial charge in [-0.15, -0.1) is 0 Å². The van der Waals surface area contributed by atoms with Crippen molar-refractivity contribution in [3.05, 3.63) is 138 Å². The van der Waals surface area contributed by atoms with Crippen molar-refractivity contribution < 1.29 is 53.4 Å². The Bertz CT molecular complexity index is 1900. The van der Waals surface area contributed by atoms with E-state index in [0.717, 1.165) is 16.7 Å². The molecule has 2 heterocycles. The number of benzene rings is 4. The molecule has 1 amide bonds. The fourth-order valence-electron chi connectivity index (χ4n) is 6.58. The third-order valence-electron chi connectivity index (χ3n) is 9.58. The van der Waals surface area contributed by atoms with Gasteiger partial charge in [-0.1, -0.05) is 109 Å². The number of aliphatic hydroxyl groups excluding tert-OH is 3. The lowest BCUT2D eigenvalue weighted by Crippen LogP contribution is -2.61. The van der Waals surface area contributed by atoms with Crippen molar-refractivity contribution in [3.8, 4) is 0 Å². The second-order valence-electron chi connectivity index (χ2n) is 13.5. The molecule has 0 aliphatic carbocycles. The normalized spacial score (nSPS) is 22.8. The molecule has 0 bridgehead atoms. The van der Waals surface area contributed by atoms with Gasteiger partial charge in [-0.25, -0.2) is 4.79 Å². The number of nitrogens with zero attached hydrogens (tertiary/aromatic N) is 1. The number of aryl methyl sites for hydroxylation is 2. The summed E-state index contributed by atoms with van der Waals surface area (Å²) in [4.78, 5) is 55.5. The van der Waals surface area contributed by atoms with Crippen LogP contribution in [-0.4, -0.2) is 88.5 Å². The van der Waals surface area contributed by atoms with Crippen LogP contribution in [0.5, 0.6) is 0 Å². The van der Waals surface area contributed by atoms with Crippen LogP contribution in [0.3, 0.4) is 0 Å². The van der Waals surface area contributed by atoms with Crippen molar-refractivity contribution in [2.45, 2.75) is 81.7 Å². The maximum absolute atomic E-state index is 14.3. The summed E-state index contributed by atoms with van der Waals surface area (Å²) in [6.07, 6.45) is -7.80. The summed E-state index contributed by atoms with van der Waals surface area (Å²) in [5.74, 6) is -3.11. The van der Waals surface area contributed by atoms with Gasteiger partial charge in [0.05, 0.1) is 6.04 Å². The van der Waals surface area contributed by atoms with E-state index in [0.29, 0.717) is 36.9 Å². The van der Waals surface area contributed by atoms with E-state index in [2.05, 4.69) is 5.32 Å². The Hall–Kier alpha value is -5.44. The first-order chi connectivity index (χ1) is 26.7. The molecule has 0 radical (unpaired) electrons. The Morgan fingerprint density at radius 1 is 0.745 bits per heavy atom. The molecule has 0 saturated carbocycles. The Morgan fingerprint density at radius 3 is 1.98 bits per heavy atom. The Kier molecular flexibility index (Phi) is 13.4. The molecule has 7 atom stereocenters. The molecular formula is C42H44N2O11. The molecule has 13 nitrogen and oxygen atoms in total. The van der Waals surface area contributed by atoms with Gasteiger partial charge in [-0.05, 0) is 54.0 Å². The van der Waals surface area contributed by atoms with E-state index in [1.165, 1.54) is 4.90 Å². The van der Waals surface area contributed by atoms with Gasteiger partial charge in [0, 0.05) is 5.69 Å². The van der Waals surface area contributed by atoms with Crippen LogP contribution in [0.1, 0.15) is 35.1 Å². The summed E-state index contributed by atoms with van der Waals surface area (Å²) in [5.41, 5.74) is 3.70. The lowest BCUT2D eigenvalue weighted by Gasteiger charge is -2.38. The summed E-state index contributed by atoms with van der Waals surface area (Å²) in [5, 5.41) is 35.0. The van der Waals surface area contributed by atoms with Gasteiger partial charge in [0.15, 0.2) is 6.10 Å². The van der Waals surface area contributed by atoms with E-state index >= 15 is 0 Å². The molecule has 2 aliphatic rings. The second kappa shape index (κ2) is 18.7. The minimum atomic E-state index is -1.93. The van der Waals surface area contributed by atoms with Gasteiger partial charge in [0.1, 0.15) is 44.1 Å². The molecule has 0 aromatic heterocycles. The van der Waals surface area contributed by atoms with E-state index in [1.807, 2.05) is 72.8 Å². The van der Waals surface area contributed by atoms with Crippen molar-refractivity contribution in [2.24, 2.45) is 0 Å². The van der Waals surface area contributed by atoms with E-state index in [1.54, 1.807) is 42.5 Å². The van der Waals surface area contributed by atoms with E-state index in [9.17, 15) is 34.5 Å². The van der Waals surface area contributed by atoms with E-state index < -0.39 is 73.1 Å². The SMILES string of the molecule is O=C(CN1C(=O)[C@@H](N[C@H](CCc2ccccc2)C(=O)OCc2ccccc2)CCc2ccccc21)O[C@@H]1O[C@@H](C(=O)OCc2ccccc2)[C@@H](O)[C@@H](O)[C@@H]1O. The number of hydrogen-bond acceptors (Lipinski definition) is 12. The highest BCUT2D eigenvalue weighted by atomic mass is 16.7. The van der Waals surface area contributed by atoms with Crippen LogP contribution in [0, 0.1) is 0 Å². The molecule has 1 saturated heterocycles. The molecule has 2 aliphatic heterocycles. The average Bonchev–Trinajstić information content (AvgIpc) is 3.34. The zero-order valence-corrected chi connectivity index (χ0v) is 30.0. The number of aliphatic hydroxyl groups is 3. The number of rotatable bonds is 14. The summed E-state index contributed by atoms with van der Waals surface area (Å²) in [7, 11) is 0. The molecule has 1 fully saturated rings. The Labute approximate surface area is 318 Å². The number of anilines is 1. The molecule has 4 N–H and O–H groups in total. The number of esters is 3. The lowest BCUT2D eigenvalue weighted by molar-refractivity contribution is -0.287. The van der Waals surface area contributed by atoms with Gasteiger partial charge >= 0.3 is 17.9 Å². The molecule has 4 aromatic carbocycles. The van der Waals surface area contributed by atoms with Gasteiger partial charge < -0.3 is 34.3 Å². The molecule has 55 heavy (non-hydrogen) atoms. The minimum Gasteiger partial charge on any atom is -0.460 e. The predicted octanol–water partition coefficient (Wildman–Crippen LogP) is 2.76. The monoisotopic (exact) mass is 752 g/mol. The highest BCUT2D eigenvalue weighted by Crippen LogP contribution is 2.29. The third kappa shape index (κ3) is 10.2. The van der Waals surface area contributed by atoms with Gasteiger partial charge in [0.2, 0.25) is 12.2 Å². The number of para-hydroxylation sites is 1. The molecular weight excluding hydrogens is 708 g/mol. The number of fused-ring (bicyclic) bond motifs is 1. The highest BCUT2D eigenvalue weighted by Gasteiger charge is 2.49. The Balaban J connectivity index is 1.15. The second-order valence-corrected chi connectivity index (χ2v) is 13.5. The van der Waals surface area contributed by atoms with Crippen LogP contribution in [0.15, 0.2) is 115 Å². The zero-order valence-electron chi connectivity index (χ0n) is 30.0. The van der Waals surface area contributed by atoms with Gasteiger partial charge in [-0.3, -0.25) is 24.6 Å². The smallest absolute Gasteiger partial charge is 0.338 e. The van der Waals surface area contributed by atoms with E-state index in [-0.39, 0.29) is 13.2 Å². The van der Waals surface area contributed by atoms with Crippen LogP contribution in [0.2, 0.25) is 0 Å². The quantitative estimate of drug-likeness (QED) is 0.109. The minimum absolute atomic E-state index is 0.0532. The van der Waals surface area contributed by atoms with Crippen molar-refractivity contribution >= 4 is 29.5 Å². The molecule has 13 heteroatoms. The average molecular weight is 753 g/mol. The van der Waals surface area contributed by atoms with E-state index in [4.69, 9.17) is 18.9 Å². The first-order valence-electron chi connectivity index (χ1n) is 18.2. The van der Waals surface area contributed by atoms with Crippen molar-refractivity contribution in [1.82, 2.24) is 5.32 Å².